The monoisotopic (exact) mass is 251 g/mol. The van der Waals surface area contributed by atoms with Gasteiger partial charge in [0.15, 0.2) is 0 Å². The van der Waals surface area contributed by atoms with Crippen LogP contribution < -0.4 is 5.32 Å². The molecule has 17 heavy (non-hydrogen) atoms. The molecule has 2 rings (SSSR count). The van der Waals surface area contributed by atoms with Crippen LogP contribution in [0.4, 0.5) is 0 Å². The van der Waals surface area contributed by atoms with Crippen molar-refractivity contribution in [3.8, 4) is 0 Å². The van der Waals surface area contributed by atoms with Gasteiger partial charge in [-0.1, -0.05) is 32.9 Å². The van der Waals surface area contributed by atoms with E-state index in [1.807, 2.05) is 7.05 Å². The maximum absolute atomic E-state index is 12.3. The lowest BCUT2D eigenvalue weighted by Crippen LogP contribution is -2.26. The minimum Gasteiger partial charge on any atom is -0.312 e. The molecule has 1 heterocycles. The van der Waals surface area contributed by atoms with Gasteiger partial charge < -0.3 is 5.32 Å². The highest BCUT2D eigenvalue weighted by atomic mass is 32.2. The molecule has 94 valence electrons. The summed E-state index contributed by atoms with van der Waals surface area (Å²) in [5.41, 5.74) is 2.57. The lowest BCUT2D eigenvalue weighted by atomic mass is 9.96. The normalized spacial score (nSPS) is 27.5. The van der Waals surface area contributed by atoms with E-state index in [9.17, 15) is 4.21 Å². The second-order valence-electron chi connectivity index (χ2n) is 4.96. The Morgan fingerprint density at radius 2 is 2.12 bits per heavy atom. The van der Waals surface area contributed by atoms with Crippen molar-refractivity contribution in [2.45, 2.75) is 49.3 Å². The molecule has 0 saturated carbocycles. The first-order valence-electron chi connectivity index (χ1n) is 6.31. The number of nitrogens with one attached hydrogen (secondary N) is 1. The molecule has 3 unspecified atom stereocenters. The van der Waals surface area contributed by atoms with E-state index >= 15 is 0 Å². The van der Waals surface area contributed by atoms with E-state index in [1.165, 1.54) is 11.1 Å². The highest BCUT2D eigenvalue weighted by Gasteiger charge is 2.36. The first kappa shape index (κ1) is 12.8. The second-order valence-corrected chi connectivity index (χ2v) is 6.60. The first-order chi connectivity index (χ1) is 8.10. The van der Waals surface area contributed by atoms with Gasteiger partial charge >= 0.3 is 0 Å². The topological polar surface area (TPSA) is 29.1 Å². The van der Waals surface area contributed by atoms with Crippen molar-refractivity contribution >= 4 is 10.8 Å². The number of hydrogen-bond acceptors (Lipinski definition) is 2. The van der Waals surface area contributed by atoms with Gasteiger partial charge in [-0.15, -0.1) is 0 Å². The zero-order valence-corrected chi connectivity index (χ0v) is 11.8. The minimum atomic E-state index is -0.850. The van der Waals surface area contributed by atoms with Crippen LogP contribution in [0, 0.1) is 0 Å². The fourth-order valence-corrected chi connectivity index (χ4v) is 4.35. The Morgan fingerprint density at radius 3 is 2.65 bits per heavy atom. The minimum absolute atomic E-state index is 0.220. The Labute approximate surface area is 106 Å². The third-order valence-corrected chi connectivity index (χ3v) is 5.57. The zero-order valence-electron chi connectivity index (χ0n) is 11.0. The number of benzene rings is 1. The van der Waals surface area contributed by atoms with Gasteiger partial charge in [-0.3, -0.25) is 4.21 Å². The van der Waals surface area contributed by atoms with E-state index in [2.05, 4.69) is 44.3 Å². The molecule has 0 bridgehead atoms. The van der Waals surface area contributed by atoms with Crippen molar-refractivity contribution in [1.29, 1.82) is 0 Å². The molecule has 3 heteroatoms. The van der Waals surface area contributed by atoms with Crippen molar-refractivity contribution in [2.24, 2.45) is 0 Å². The summed E-state index contributed by atoms with van der Waals surface area (Å²) < 4.78 is 12.3. The number of fused-ring (bicyclic) bond motifs is 1. The lowest BCUT2D eigenvalue weighted by Gasteiger charge is -2.17. The molecule has 2 nitrogen and oxygen atoms in total. The predicted octanol–water partition coefficient (Wildman–Crippen LogP) is 2.97. The standard InChI is InChI=1S/C14H21NOS/c1-5-12-14(15-4)11-8-10(9(2)3)6-7-13(11)17(12)16/h6-9,12,14-15H,5H2,1-4H3. The predicted molar refractivity (Wildman–Crippen MR) is 72.8 cm³/mol. The SMILES string of the molecule is CCC1C(NC)c2cc(C(C)C)ccc2S1=O. The van der Waals surface area contributed by atoms with Crippen LogP contribution in [0.25, 0.3) is 0 Å². The molecule has 0 amide bonds. The van der Waals surface area contributed by atoms with Crippen LogP contribution in [0.1, 0.15) is 50.3 Å². The molecule has 0 radical (unpaired) electrons. The van der Waals surface area contributed by atoms with Crippen LogP contribution in [-0.4, -0.2) is 16.5 Å². The lowest BCUT2D eigenvalue weighted by molar-refractivity contribution is 0.552. The van der Waals surface area contributed by atoms with Gasteiger partial charge in [0.05, 0.1) is 16.0 Å². The Morgan fingerprint density at radius 1 is 1.41 bits per heavy atom. The summed E-state index contributed by atoms with van der Waals surface area (Å²) >= 11 is 0. The van der Waals surface area contributed by atoms with Crippen LogP contribution in [0.5, 0.6) is 0 Å². The quantitative estimate of drug-likeness (QED) is 0.895. The molecule has 3 atom stereocenters. The van der Waals surface area contributed by atoms with E-state index in [1.54, 1.807) is 0 Å². The first-order valence-corrected chi connectivity index (χ1v) is 7.53. The molecule has 0 saturated heterocycles. The molecule has 1 N–H and O–H groups in total. The fraction of sp³-hybridized carbons (Fsp3) is 0.571. The summed E-state index contributed by atoms with van der Waals surface area (Å²) in [6.45, 7) is 6.50. The second kappa shape index (κ2) is 4.91. The molecule has 0 aromatic heterocycles. The van der Waals surface area contributed by atoms with E-state index in [0.29, 0.717) is 5.92 Å². The van der Waals surface area contributed by atoms with E-state index in [-0.39, 0.29) is 11.3 Å². The van der Waals surface area contributed by atoms with Crippen LogP contribution in [0.15, 0.2) is 23.1 Å². The molecule has 1 aromatic carbocycles. The summed E-state index contributed by atoms with van der Waals surface area (Å²) in [5.74, 6) is 0.520. The van der Waals surface area contributed by atoms with Crippen molar-refractivity contribution in [3.63, 3.8) is 0 Å². The molecule has 0 spiro atoms. The third kappa shape index (κ3) is 2.06. The summed E-state index contributed by atoms with van der Waals surface area (Å²) in [6, 6.07) is 6.65. The summed E-state index contributed by atoms with van der Waals surface area (Å²) in [6.07, 6.45) is 0.948. The molecular weight excluding hydrogens is 230 g/mol. The van der Waals surface area contributed by atoms with E-state index < -0.39 is 10.8 Å². The molecule has 1 aliphatic rings. The van der Waals surface area contributed by atoms with Crippen LogP contribution >= 0.6 is 0 Å². The Bertz CT molecular complexity index is 442. The van der Waals surface area contributed by atoms with Gasteiger partial charge in [0.1, 0.15) is 0 Å². The van der Waals surface area contributed by atoms with Gasteiger partial charge in [0.25, 0.3) is 0 Å². The average Bonchev–Trinajstić information content (AvgIpc) is 2.60. The van der Waals surface area contributed by atoms with Crippen molar-refractivity contribution in [3.05, 3.63) is 29.3 Å². The van der Waals surface area contributed by atoms with Crippen LogP contribution in [-0.2, 0) is 10.8 Å². The zero-order chi connectivity index (χ0) is 12.6. The summed E-state index contributed by atoms with van der Waals surface area (Å²) in [7, 11) is 1.11. The van der Waals surface area contributed by atoms with Crippen molar-refractivity contribution < 1.29 is 4.21 Å². The van der Waals surface area contributed by atoms with Crippen LogP contribution in [0.3, 0.4) is 0 Å². The molecule has 1 aromatic rings. The van der Waals surface area contributed by atoms with Crippen molar-refractivity contribution in [2.75, 3.05) is 7.05 Å². The third-order valence-electron chi connectivity index (χ3n) is 3.61. The van der Waals surface area contributed by atoms with Gasteiger partial charge in [0.2, 0.25) is 0 Å². The largest absolute Gasteiger partial charge is 0.312 e. The smallest absolute Gasteiger partial charge is 0.0587 e. The van der Waals surface area contributed by atoms with Gasteiger partial charge in [-0.25, -0.2) is 0 Å². The fourth-order valence-electron chi connectivity index (χ4n) is 2.57. The van der Waals surface area contributed by atoms with E-state index in [4.69, 9.17) is 0 Å². The highest BCUT2D eigenvalue weighted by molar-refractivity contribution is 7.86. The highest BCUT2D eigenvalue weighted by Crippen LogP contribution is 2.39. The van der Waals surface area contributed by atoms with Gasteiger partial charge in [-0.2, -0.15) is 0 Å². The molecular formula is C14H21NOS. The number of rotatable bonds is 3. The Balaban J connectivity index is 2.49. The number of hydrogen-bond donors (Lipinski definition) is 1. The molecule has 0 fully saturated rings. The van der Waals surface area contributed by atoms with Gasteiger partial charge in [-0.05, 0) is 36.6 Å². The maximum atomic E-state index is 12.3. The van der Waals surface area contributed by atoms with E-state index in [0.717, 1.165) is 11.3 Å². The average molecular weight is 251 g/mol. The molecule has 1 aliphatic heterocycles. The Hall–Kier alpha value is -0.670. The molecule has 0 aliphatic carbocycles. The van der Waals surface area contributed by atoms with Gasteiger partial charge in [0, 0.05) is 10.9 Å². The maximum Gasteiger partial charge on any atom is 0.0587 e. The van der Waals surface area contributed by atoms with Crippen LogP contribution in [0.2, 0.25) is 0 Å². The summed E-state index contributed by atoms with van der Waals surface area (Å²) in [4.78, 5) is 1.03. The summed E-state index contributed by atoms with van der Waals surface area (Å²) in [5, 5.41) is 3.54. The Kier molecular flexibility index (Phi) is 3.69. The van der Waals surface area contributed by atoms with Crippen molar-refractivity contribution in [1.82, 2.24) is 5.32 Å².